The summed E-state index contributed by atoms with van der Waals surface area (Å²) >= 11 is 13.4. The first-order valence-corrected chi connectivity index (χ1v) is 8.93. The highest BCUT2D eigenvalue weighted by molar-refractivity contribution is 7.98. The first kappa shape index (κ1) is 17.1. The molecule has 4 nitrogen and oxygen atoms in total. The van der Waals surface area contributed by atoms with Crippen LogP contribution in [0, 0.1) is 6.92 Å². The molecule has 0 saturated heterocycles. The van der Waals surface area contributed by atoms with Gasteiger partial charge in [-0.1, -0.05) is 58.7 Å². The molecule has 0 saturated carbocycles. The van der Waals surface area contributed by atoms with Crippen molar-refractivity contribution >= 4 is 35.0 Å². The molecule has 124 valence electrons. The molecule has 0 atom stereocenters. The second-order valence-electron chi connectivity index (χ2n) is 5.09. The van der Waals surface area contributed by atoms with Gasteiger partial charge < -0.3 is 9.15 Å². The van der Waals surface area contributed by atoms with Crippen LogP contribution in [0.4, 0.5) is 0 Å². The summed E-state index contributed by atoms with van der Waals surface area (Å²) in [7, 11) is 0. The lowest BCUT2D eigenvalue weighted by atomic mass is 10.2. The Morgan fingerprint density at radius 1 is 1.08 bits per heavy atom. The summed E-state index contributed by atoms with van der Waals surface area (Å²) in [5.74, 6) is 1.82. The number of nitrogens with zero attached hydrogens (tertiary/aromatic N) is 2. The summed E-state index contributed by atoms with van der Waals surface area (Å²) in [5.41, 5.74) is 2.14. The van der Waals surface area contributed by atoms with Crippen molar-refractivity contribution in [1.29, 1.82) is 0 Å². The lowest BCUT2D eigenvalue weighted by Gasteiger charge is -2.03. The van der Waals surface area contributed by atoms with E-state index < -0.39 is 0 Å². The summed E-state index contributed by atoms with van der Waals surface area (Å²) in [6, 6.07) is 13.2. The van der Waals surface area contributed by atoms with Crippen LogP contribution in [0.3, 0.4) is 0 Å². The number of aromatic nitrogens is 2. The monoisotopic (exact) mass is 380 g/mol. The third-order valence-electron chi connectivity index (χ3n) is 3.20. The molecule has 3 rings (SSSR count). The van der Waals surface area contributed by atoms with E-state index in [1.165, 1.54) is 17.3 Å². The molecule has 7 heteroatoms. The number of hydrogen-bond acceptors (Lipinski definition) is 5. The van der Waals surface area contributed by atoms with E-state index in [9.17, 15) is 0 Å². The predicted molar refractivity (Wildman–Crippen MR) is 95.8 cm³/mol. The molecular formula is C17H14Cl2N2O2S. The number of hydrogen-bond donors (Lipinski definition) is 0. The van der Waals surface area contributed by atoms with Gasteiger partial charge in [-0.15, -0.1) is 10.2 Å². The van der Waals surface area contributed by atoms with Crippen LogP contribution in [-0.4, -0.2) is 10.2 Å². The van der Waals surface area contributed by atoms with Gasteiger partial charge in [0.1, 0.15) is 5.75 Å². The molecule has 0 unspecified atom stereocenters. The van der Waals surface area contributed by atoms with Gasteiger partial charge in [0.2, 0.25) is 0 Å². The molecule has 0 spiro atoms. The van der Waals surface area contributed by atoms with Crippen LogP contribution in [0.2, 0.25) is 10.0 Å². The van der Waals surface area contributed by atoms with Gasteiger partial charge in [-0.25, -0.2) is 0 Å². The van der Waals surface area contributed by atoms with Crippen molar-refractivity contribution < 1.29 is 9.15 Å². The van der Waals surface area contributed by atoms with Crippen molar-refractivity contribution in [2.75, 3.05) is 0 Å². The van der Waals surface area contributed by atoms with Gasteiger partial charge in [0.15, 0.2) is 6.61 Å². The third-order valence-corrected chi connectivity index (χ3v) is 4.65. The van der Waals surface area contributed by atoms with Crippen molar-refractivity contribution in [1.82, 2.24) is 10.2 Å². The molecule has 0 aliphatic heterocycles. The molecular weight excluding hydrogens is 367 g/mol. The standard InChI is InChI=1S/C17H14Cl2N2O2S/c1-11-2-6-14(7-3-11)22-9-16-20-21-17(23-16)24-10-12-4-5-13(18)8-15(12)19/h2-8H,9-10H2,1H3. The quantitative estimate of drug-likeness (QED) is 0.524. The average molecular weight is 381 g/mol. The highest BCUT2D eigenvalue weighted by Gasteiger charge is 2.09. The van der Waals surface area contributed by atoms with Crippen LogP contribution in [0.25, 0.3) is 0 Å². The van der Waals surface area contributed by atoms with Gasteiger partial charge >= 0.3 is 0 Å². The molecule has 0 aliphatic rings. The fourth-order valence-electron chi connectivity index (χ4n) is 1.91. The second kappa shape index (κ2) is 7.92. The van der Waals surface area contributed by atoms with E-state index in [-0.39, 0.29) is 6.61 Å². The fourth-order valence-corrected chi connectivity index (χ4v) is 3.25. The Hall–Kier alpha value is -1.69. The Kier molecular flexibility index (Phi) is 5.66. The molecule has 0 N–H and O–H groups in total. The van der Waals surface area contributed by atoms with E-state index >= 15 is 0 Å². The van der Waals surface area contributed by atoms with Crippen molar-refractivity contribution in [2.45, 2.75) is 24.5 Å². The largest absolute Gasteiger partial charge is 0.484 e. The minimum atomic E-state index is 0.234. The van der Waals surface area contributed by atoms with Gasteiger partial charge in [-0.05, 0) is 36.8 Å². The molecule has 0 bridgehead atoms. The topological polar surface area (TPSA) is 48.2 Å². The molecule has 1 heterocycles. The smallest absolute Gasteiger partial charge is 0.277 e. The summed E-state index contributed by atoms with van der Waals surface area (Å²) in [5, 5.41) is 9.69. The van der Waals surface area contributed by atoms with E-state index in [1.54, 1.807) is 12.1 Å². The normalized spacial score (nSPS) is 10.8. The maximum absolute atomic E-state index is 6.15. The van der Waals surface area contributed by atoms with Crippen LogP contribution in [-0.2, 0) is 12.4 Å². The van der Waals surface area contributed by atoms with Crippen molar-refractivity contribution in [3.8, 4) is 5.75 Å². The third kappa shape index (κ3) is 4.66. The minimum Gasteiger partial charge on any atom is -0.484 e. The lowest BCUT2D eigenvalue weighted by Crippen LogP contribution is -1.95. The summed E-state index contributed by atoms with van der Waals surface area (Å²) in [6.45, 7) is 2.26. The fraction of sp³-hybridized carbons (Fsp3) is 0.176. The van der Waals surface area contributed by atoms with Crippen molar-refractivity contribution in [3.05, 3.63) is 69.5 Å². The highest BCUT2D eigenvalue weighted by atomic mass is 35.5. The van der Waals surface area contributed by atoms with Gasteiger partial charge in [0.05, 0.1) is 0 Å². The van der Waals surface area contributed by atoms with Gasteiger partial charge in [-0.3, -0.25) is 0 Å². The van der Waals surface area contributed by atoms with Crippen LogP contribution in [0.5, 0.6) is 5.75 Å². The molecule has 0 amide bonds. The summed E-state index contributed by atoms with van der Waals surface area (Å²) < 4.78 is 11.2. The first-order valence-electron chi connectivity index (χ1n) is 7.19. The number of halogens is 2. The number of rotatable bonds is 6. The number of aryl methyl sites for hydroxylation is 1. The van der Waals surface area contributed by atoms with Crippen LogP contribution in [0.1, 0.15) is 17.0 Å². The minimum absolute atomic E-state index is 0.234. The Balaban J connectivity index is 1.54. The van der Waals surface area contributed by atoms with Crippen molar-refractivity contribution in [3.63, 3.8) is 0 Å². The van der Waals surface area contributed by atoms with E-state index in [2.05, 4.69) is 10.2 Å². The van der Waals surface area contributed by atoms with Crippen LogP contribution < -0.4 is 4.74 Å². The second-order valence-corrected chi connectivity index (χ2v) is 6.86. The maximum atomic E-state index is 6.15. The van der Waals surface area contributed by atoms with E-state index in [0.29, 0.717) is 26.9 Å². The lowest BCUT2D eigenvalue weighted by molar-refractivity contribution is 0.252. The van der Waals surface area contributed by atoms with E-state index in [0.717, 1.165) is 11.3 Å². The predicted octanol–water partition coefficient (Wildman–Crippen LogP) is 5.56. The zero-order chi connectivity index (χ0) is 16.9. The Morgan fingerprint density at radius 3 is 2.62 bits per heavy atom. The summed E-state index contributed by atoms with van der Waals surface area (Å²) in [6.07, 6.45) is 0. The maximum Gasteiger partial charge on any atom is 0.277 e. The molecule has 0 fully saturated rings. The molecule has 0 aliphatic carbocycles. The SMILES string of the molecule is Cc1ccc(OCc2nnc(SCc3ccc(Cl)cc3Cl)o2)cc1. The van der Waals surface area contributed by atoms with Crippen LogP contribution in [0.15, 0.2) is 52.1 Å². The van der Waals surface area contributed by atoms with Crippen molar-refractivity contribution in [2.24, 2.45) is 0 Å². The highest BCUT2D eigenvalue weighted by Crippen LogP contribution is 2.28. The Labute approximate surface area is 154 Å². The van der Waals surface area contributed by atoms with Gasteiger partial charge in [0.25, 0.3) is 11.1 Å². The molecule has 24 heavy (non-hydrogen) atoms. The van der Waals surface area contributed by atoms with Gasteiger partial charge in [0, 0.05) is 15.8 Å². The molecule has 3 aromatic rings. The Morgan fingerprint density at radius 2 is 1.88 bits per heavy atom. The van der Waals surface area contributed by atoms with E-state index in [1.807, 2.05) is 37.3 Å². The molecule has 2 aromatic carbocycles. The zero-order valence-electron chi connectivity index (χ0n) is 12.8. The molecule has 1 aromatic heterocycles. The number of ether oxygens (including phenoxy) is 1. The average Bonchev–Trinajstić information content (AvgIpc) is 3.01. The zero-order valence-corrected chi connectivity index (χ0v) is 15.2. The molecule has 0 radical (unpaired) electrons. The number of benzene rings is 2. The summed E-state index contributed by atoms with van der Waals surface area (Å²) in [4.78, 5) is 0. The van der Waals surface area contributed by atoms with Crippen LogP contribution >= 0.6 is 35.0 Å². The number of thioether (sulfide) groups is 1. The van der Waals surface area contributed by atoms with Gasteiger partial charge in [-0.2, -0.15) is 0 Å². The Bertz CT molecular complexity index is 822. The van der Waals surface area contributed by atoms with E-state index in [4.69, 9.17) is 32.4 Å². The first-order chi connectivity index (χ1) is 11.6.